The third-order valence-electron chi connectivity index (χ3n) is 2.50. The predicted molar refractivity (Wildman–Crippen MR) is 56.4 cm³/mol. The summed E-state index contributed by atoms with van der Waals surface area (Å²) in [6, 6.07) is 0.546. The first-order chi connectivity index (χ1) is 6.75. The standard InChI is InChI=1S/C10H16N4/c1-8-7-14(4-3-11-8)10-5-12-9(2)13-6-10/h5-6,8,11H,3-4,7H2,1-2H3/t8-/m0/s1. The van der Waals surface area contributed by atoms with E-state index in [-0.39, 0.29) is 0 Å². The number of aromatic nitrogens is 2. The Bertz CT molecular complexity index is 295. The Morgan fingerprint density at radius 2 is 2.14 bits per heavy atom. The Kier molecular flexibility index (Phi) is 2.63. The van der Waals surface area contributed by atoms with E-state index in [4.69, 9.17) is 0 Å². The van der Waals surface area contributed by atoms with Gasteiger partial charge in [-0.25, -0.2) is 9.97 Å². The zero-order valence-corrected chi connectivity index (χ0v) is 8.70. The molecule has 14 heavy (non-hydrogen) atoms. The molecule has 1 fully saturated rings. The Morgan fingerprint density at radius 3 is 2.79 bits per heavy atom. The lowest BCUT2D eigenvalue weighted by molar-refractivity contribution is 0.484. The molecule has 4 nitrogen and oxygen atoms in total. The van der Waals surface area contributed by atoms with Gasteiger partial charge in [0.2, 0.25) is 0 Å². The minimum Gasteiger partial charge on any atom is -0.366 e. The van der Waals surface area contributed by atoms with E-state index in [1.54, 1.807) is 0 Å². The lowest BCUT2D eigenvalue weighted by Crippen LogP contribution is -2.49. The van der Waals surface area contributed by atoms with E-state index in [1.165, 1.54) is 0 Å². The summed E-state index contributed by atoms with van der Waals surface area (Å²) >= 11 is 0. The van der Waals surface area contributed by atoms with E-state index in [1.807, 2.05) is 19.3 Å². The highest BCUT2D eigenvalue weighted by atomic mass is 15.2. The first-order valence-electron chi connectivity index (χ1n) is 5.02. The van der Waals surface area contributed by atoms with Gasteiger partial charge in [0, 0.05) is 25.7 Å². The maximum absolute atomic E-state index is 4.21. The van der Waals surface area contributed by atoms with Crippen molar-refractivity contribution in [3.63, 3.8) is 0 Å². The molecular weight excluding hydrogens is 176 g/mol. The lowest BCUT2D eigenvalue weighted by Gasteiger charge is -2.33. The fourth-order valence-electron chi connectivity index (χ4n) is 1.72. The molecule has 0 aliphatic carbocycles. The van der Waals surface area contributed by atoms with Crippen molar-refractivity contribution in [1.29, 1.82) is 0 Å². The number of piperazine rings is 1. The van der Waals surface area contributed by atoms with Crippen molar-refractivity contribution in [1.82, 2.24) is 15.3 Å². The van der Waals surface area contributed by atoms with Gasteiger partial charge in [-0.2, -0.15) is 0 Å². The molecule has 2 rings (SSSR count). The Morgan fingerprint density at radius 1 is 1.43 bits per heavy atom. The van der Waals surface area contributed by atoms with Crippen LogP contribution < -0.4 is 10.2 Å². The Balaban J connectivity index is 2.10. The summed E-state index contributed by atoms with van der Waals surface area (Å²) in [6.07, 6.45) is 3.81. The summed E-state index contributed by atoms with van der Waals surface area (Å²) in [5.74, 6) is 0.830. The number of hydrogen-bond acceptors (Lipinski definition) is 4. The zero-order chi connectivity index (χ0) is 9.97. The van der Waals surface area contributed by atoms with Crippen molar-refractivity contribution >= 4 is 5.69 Å². The summed E-state index contributed by atoms with van der Waals surface area (Å²) in [4.78, 5) is 10.7. The average molecular weight is 192 g/mol. The molecular formula is C10H16N4. The molecule has 2 heterocycles. The molecule has 0 spiro atoms. The minimum absolute atomic E-state index is 0.546. The van der Waals surface area contributed by atoms with Crippen LogP contribution in [0.2, 0.25) is 0 Å². The molecule has 0 radical (unpaired) electrons. The lowest BCUT2D eigenvalue weighted by atomic mass is 10.2. The largest absolute Gasteiger partial charge is 0.366 e. The monoisotopic (exact) mass is 192 g/mol. The second-order valence-corrected chi connectivity index (χ2v) is 3.79. The van der Waals surface area contributed by atoms with Crippen LogP contribution in [0, 0.1) is 6.92 Å². The van der Waals surface area contributed by atoms with Gasteiger partial charge in [0.05, 0.1) is 18.1 Å². The Hall–Kier alpha value is -1.16. The second-order valence-electron chi connectivity index (χ2n) is 3.79. The van der Waals surface area contributed by atoms with Gasteiger partial charge in [-0.1, -0.05) is 0 Å². The maximum atomic E-state index is 4.21. The number of hydrogen-bond donors (Lipinski definition) is 1. The highest BCUT2D eigenvalue weighted by Gasteiger charge is 2.15. The van der Waals surface area contributed by atoms with Crippen molar-refractivity contribution in [3.05, 3.63) is 18.2 Å². The smallest absolute Gasteiger partial charge is 0.125 e. The van der Waals surface area contributed by atoms with Crippen LogP contribution in [0.3, 0.4) is 0 Å². The number of nitrogens with zero attached hydrogens (tertiary/aromatic N) is 3. The summed E-state index contributed by atoms with van der Waals surface area (Å²) < 4.78 is 0. The van der Waals surface area contributed by atoms with Gasteiger partial charge < -0.3 is 10.2 Å². The zero-order valence-electron chi connectivity index (χ0n) is 8.70. The van der Waals surface area contributed by atoms with E-state index < -0.39 is 0 Å². The fourth-order valence-corrected chi connectivity index (χ4v) is 1.72. The third kappa shape index (κ3) is 2.01. The molecule has 1 N–H and O–H groups in total. The molecule has 0 bridgehead atoms. The summed E-state index contributed by atoms with van der Waals surface area (Å²) in [5.41, 5.74) is 1.13. The highest BCUT2D eigenvalue weighted by Crippen LogP contribution is 2.12. The summed E-state index contributed by atoms with van der Waals surface area (Å²) in [5, 5.41) is 3.41. The van der Waals surface area contributed by atoms with E-state index in [9.17, 15) is 0 Å². The van der Waals surface area contributed by atoms with Crippen LogP contribution >= 0.6 is 0 Å². The number of anilines is 1. The molecule has 1 aromatic rings. The first-order valence-corrected chi connectivity index (χ1v) is 5.02. The van der Waals surface area contributed by atoms with Gasteiger partial charge in [-0.15, -0.1) is 0 Å². The quantitative estimate of drug-likeness (QED) is 0.707. The number of rotatable bonds is 1. The minimum atomic E-state index is 0.546. The molecule has 0 saturated carbocycles. The third-order valence-corrected chi connectivity index (χ3v) is 2.50. The summed E-state index contributed by atoms with van der Waals surface area (Å²) in [7, 11) is 0. The number of nitrogens with one attached hydrogen (secondary N) is 1. The van der Waals surface area contributed by atoms with Crippen LogP contribution in [0.5, 0.6) is 0 Å². The molecule has 4 heteroatoms. The van der Waals surface area contributed by atoms with E-state index >= 15 is 0 Å². The molecule has 1 aliphatic rings. The van der Waals surface area contributed by atoms with Gasteiger partial charge in [0.1, 0.15) is 5.82 Å². The van der Waals surface area contributed by atoms with Crippen LogP contribution in [0.1, 0.15) is 12.7 Å². The van der Waals surface area contributed by atoms with Crippen molar-refractivity contribution in [2.75, 3.05) is 24.5 Å². The molecule has 76 valence electrons. The molecule has 1 saturated heterocycles. The van der Waals surface area contributed by atoms with Gasteiger partial charge in [-0.05, 0) is 13.8 Å². The van der Waals surface area contributed by atoms with E-state index in [0.29, 0.717) is 6.04 Å². The molecule has 0 amide bonds. The first kappa shape index (κ1) is 9.40. The molecule has 1 aromatic heterocycles. The highest BCUT2D eigenvalue weighted by molar-refractivity contribution is 5.42. The van der Waals surface area contributed by atoms with Crippen molar-refractivity contribution in [2.45, 2.75) is 19.9 Å². The van der Waals surface area contributed by atoms with Crippen molar-refractivity contribution in [3.8, 4) is 0 Å². The molecule has 0 aromatic carbocycles. The predicted octanol–water partition coefficient (Wildman–Crippen LogP) is 0.583. The van der Waals surface area contributed by atoms with Crippen molar-refractivity contribution < 1.29 is 0 Å². The van der Waals surface area contributed by atoms with Gasteiger partial charge in [-0.3, -0.25) is 0 Å². The van der Waals surface area contributed by atoms with Gasteiger partial charge in [0.15, 0.2) is 0 Å². The summed E-state index contributed by atoms with van der Waals surface area (Å²) in [6.45, 7) is 7.21. The van der Waals surface area contributed by atoms with Crippen LogP contribution in [-0.4, -0.2) is 35.6 Å². The van der Waals surface area contributed by atoms with Crippen LogP contribution in [0.25, 0.3) is 0 Å². The van der Waals surface area contributed by atoms with Gasteiger partial charge >= 0.3 is 0 Å². The fraction of sp³-hybridized carbons (Fsp3) is 0.600. The van der Waals surface area contributed by atoms with E-state index in [0.717, 1.165) is 31.1 Å². The van der Waals surface area contributed by atoms with Crippen LogP contribution in [0.4, 0.5) is 5.69 Å². The molecule has 1 atom stereocenters. The SMILES string of the molecule is Cc1ncc(N2CCN[C@@H](C)C2)cn1. The average Bonchev–Trinajstić information content (AvgIpc) is 2.19. The topological polar surface area (TPSA) is 41.1 Å². The Labute approximate surface area is 84.4 Å². The van der Waals surface area contributed by atoms with Crippen LogP contribution in [-0.2, 0) is 0 Å². The molecule has 1 aliphatic heterocycles. The maximum Gasteiger partial charge on any atom is 0.125 e. The van der Waals surface area contributed by atoms with E-state index in [2.05, 4.69) is 27.1 Å². The van der Waals surface area contributed by atoms with Gasteiger partial charge in [0.25, 0.3) is 0 Å². The van der Waals surface area contributed by atoms with Crippen LogP contribution in [0.15, 0.2) is 12.4 Å². The second kappa shape index (κ2) is 3.92. The number of aryl methyl sites for hydroxylation is 1. The normalized spacial score (nSPS) is 22.4. The molecule has 0 unspecified atom stereocenters. The van der Waals surface area contributed by atoms with Crippen molar-refractivity contribution in [2.24, 2.45) is 0 Å².